The third-order valence-corrected chi connectivity index (χ3v) is 6.53. The molecule has 0 aromatic carbocycles. The number of amides is 1. The third-order valence-electron chi connectivity index (χ3n) is 6.53. The van der Waals surface area contributed by atoms with Gasteiger partial charge in [-0.1, -0.05) is 104 Å². The summed E-state index contributed by atoms with van der Waals surface area (Å²) in [6.45, 7) is 4.14. The normalized spacial score (nSPS) is 11.8. The SMILES string of the molecule is CCCCCCCCCCCC(=O)OC(CCCCCCC)CCCCCCC(=O)NCC(=O)O. The van der Waals surface area contributed by atoms with E-state index in [9.17, 15) is 14.4 Å². The molecule has 0 aromatic heterocycles. The van der Waals surface area contributed by atoms with Gasteiger partial charge in [-0.2, -0.15) is 0 Å². The van der Waals surface area contributed by atoms with Gasteiger partial charge < -0.3 is 15.2 Å². The maximum absolute atomic E-state index is 12.4. The maximum Gasteiger partial charge on any atom is 0.322 e. The monoisotopic (exact) mass is 497 g/mol. The molecule has 0 saturated carbocycles. The van der Waals surface area contributed by atoms with Crippen LogP contribution in [0.1, 0.15) is 155 Å². The molecule has 0 spiro atoms. The first-order valence-corrected chi connectivity index (χ1v) is 14.7. The second-order valence-corrected chi connectivity index (χ2v) is 10.0. The Balaban J connectivity index is 4.05. The number of esters is 1. The fourth-order valence-electron chi connectivity index (χ4n) is 4.34. The highest BCUT2D eigenvalue weighted by atomic mass is 16.5. The summed E-state index contributed by atoms with van der Waals surface area (Å²) in [5.74, 6) is -1.27. The molecule has 35 heavy (non-hydrogen) atoms. The predicted octanol–water partition coefficient (Wildman–Crippen LogP) is 7.72. The van der Waals surface area contributed by atoms with Crippen molar-refractivity contribution in [2.75, 3.05) is 6.54 Å². The summed E-state index contributed by atoms with van der Waals surface area (Å²) >= 11 is 0. The van der Waals surface area contributed by atoms with E-state index in [0.29, 0.717) is 12.8 Å². The number of hydrogen-bond acceptors (Lipinski definition) is 4. The number of aliphatic carboxylic acids is 1. The van der Waals surface area contributed by atoms with E-state index in [4.69, 9.17) is 9.84 Å². The molecule has 0 bridgehead atoms. The van der Waals surface area contributed by atoms with Crippen molar-refractivity contribution in [3.63, 3.8) is 0 Å². The lowest BCUT2D eigenvalue weighted by atomic mass is 10.0. The van der Waals surface area contributed by atoms with Crippen molar-refractivity contribution >= 4 is 17.8 Å². The van der Waals surface area contributed by atoms with Gasteiger partial charge in [0, 0.05) is 12.8 Å². The van der Waals surface area contributed by atoms with Crippen LogP contribution in [0.5, 0.6) is 0 Å². The van der Waals surface area contributed by atoms with E-state index in [0.717, 1.165) is 57.8 Å². The van der Waals surface area contributed by atoms with Crippen LogP contribution < -0.4 is 5.32 Å². The molecule has 0 aliphatic heterocycles. The van der Waals surface area contributed by atoms with E-state index in [1.807, 2.05) is 0 Å². The molecule has 0 radical (unpaired) electrons. The molecule has 0 rings (SSSR count). The summed E-state index contributed by atoms with van der Waals surface area (Å²) in [6.07, 6.45) is 23.7. The molecule has 1 atom stereocenters. The minimum atomic E-state index is -1.02. The van der Waals surface area contributed by atoms with Crippen LogP contribution in [0.15, 0.2) is 0 Å². The van der Waals surface area contributed by atoms with Gasteiger partial charge in [0.1, 0.15) is 12.6 Å². The number of hydrogen-bond donors (Lipinski definition) is 2. The smallest absolute Gasteiger partial charge is 0.322 e. The highest BCUT2D eigenvalue weighted by Crippen LogP contribution is 2.18. The van der Waals surface area contributed by atoms with Crippen LogP contribution >= 0.6 is 0 Å². The molecule has 1 amide bonds. The lowest BCUT2D eigenvalue weighted by Gasteiger charge is -2.18. The van der Waals surface area contributed by atoms with Crippen LogP contribution in [-0.2, 0) is 19.1 Å². The summed E-state index contributed by atoms with van der Waals surface area (Å²) in [7, 11) is 0. The van der Waals surface area contributed by atoms with E-state index in [1.54, 1.807) is 0 Å². The van der Waals surface area contributed by atoms with E-state index in [2.05, 4.69) is 19.2 Å². The molecule has 206 valence electrons. The number of nitrogens with one attached hydrogen (secondary N) is 1. The standard InChI is InChI=1S/C29H55NO5/c1-3-5-7-9-10-11-12-14-20-24-29(34)35-26(21-17-13-8-6-4-2)22-18-15-16-19-23-27(31)30-25-28(32)33/h26H,3-25H2,1-2H3,(H,30,31)(H,32,33). The Kier molecular flexibility index (Phi) is 24.3. The first-order chi connectivity index (χ1) is 17.0. The summed E-state index contributed by atoms with van der Waals surface area (Å²) in [6, 6.07) is 0. The van der Waals surface area contributed by atoms with E-state index in [-0.39, 0.29) is 24.5 Å². The van der Waals surface area contributed by atoms with Crippen molar-refractivity contribution in [1.29, 1.82) is 0 Å². The number of ether oxygens (including phenoxy) is 1. The summed E-state index contributed by atoms with van der Waals surface area (Å²) in [5.41, 5.74) is 0. The van der Waals surface area contributed by atoms with Crippen molar-refractivity contribution in [3.05, 3.63) is 0 Å². The van der Waals surface area contributed by atoms with Gasteiger partial charge in [-0.25, -0.2) is 0 Å². The Labute approximate surface area is 215 Å². The zero-order chi connectivity index (χ0) is 26.0. The van der Waals surface area contributed by atoms with E-state index in [1.165, 1.54) is 70.6 Å². The molecule has 6 heteroatoms. The number of unbranched alkanes of at least 4 members (excludes halogenated alkanes) is 15. The number of carboxylic acid groups (broad SMARTS) is 1. The largest absolute Gasteiger partial charge is 0.480 e. The van der Waals surface area contributed by atoms with Gasteiger partial charge in [0.2, 0.25) is 5.91 Å². The molecule has 0 saturated heterocycles. The van der Waals surface area contributed by atoms with Gasteiger partial charge in [0.25, 0.3) is 0 Å². The average Bonchev–Trinajstić information content (AvgIpc) is 2.83. The van der Waals surface area contributed by atoms with Gasteiger partial charge in [-0.3, -0.25) is 14.4 Å². The third kappa shape index (κ3) is 25.3. The summed E-state index contributed by atoms with van der Waals surface area (Å²) < 4.78 is 5.87. The Morgan fingerprint density at radius 2 is 1.06 bits per heavy atom. The average molecular weight is 498 g/mol. The summed E-state index contributed by atoms with van der Waals surface area (Å²) in [4.78, 5) is 34.5. The minimum absolute atomic E-state index is 0.0153. The number of carbonyl (C=O) groups is 3. The number of rotatable bonds is 26. The first kappa shape index (κ1) is 33.4. The number of carbonyl (C=O) groups excluding carboxylic acids is 2. The van der Waals surface area contributed by atoms with Crippen molar-refractivity contribution in [1.82, 2.24) is 5.32 Å². The molecular weight excluding hydrogens is 442 g/mol. The van der Waals surface area contributed by atoms with Crippen LogP contribution in [0.3, 0.4) is 0 Å². The summed E-state index contributed by atoms with van der Waals surface area (Å²) in [5, 5.41) is 11.0. The maximum atomic E-state index is 12.4. The molecule has 0 heterocycles. The lowest BCUT2D eigenvalue weighted by molar-refractivity contribution is -0.150. The van der Waals surface area contributed by atoms with E-state index >= 15 is 0 Å². The molecule has 6 nitrogen and oxygen atoms in total. The van der Waals surface area contributed by atoms with Crippen LogP contribution in [0.25, 0.3) is 0 Å². The Hall–Kier alpha value is -1.59. The topological polar surface area (TPSA) is 92.7 Å². The number of carboxylic acids is 1. The molecule has 0 aliphatic rings. The molecule has 0 aromatic rings. The van der Waals surface area contributed by atoms with Crippen LogP contribution in [0.4, 0.5) is 0 Å². The van der Waals surface area contributed by atoms with Gasteiger partial charge in [-0.05, 0) is 38.5 Å². The molecular formula is C29H55NO5. The van der Waals surface area contributed by atoms with Crippen molar-refractivity contribution in [3.8, 4) is 0 Å². The van der Waals surface area contributed by atoms with Crippen molar-refractivity contribution < 1.29 is 24.2 Å². The predicted molar refractivity (Wildman–Crippen MR) is 143 cm³/mol. The second-order valence-electron chi connectivity index (χ2n) is 10.0. The van der Waals surface area contributed by atoms with Gasteiger partial charge in [0.15, 0.2) is 0 Å². The molecule has 1 unspecified atom stereocenters. The highest BCUT2D eigenvalue weighted by Gasteiger charge is 2.14. The zero-order valence-corrected chi connectivity index (χ0v) is 22.9. The lowest BCUT2D eigenvalue weighted by Crippen LogP contribution is -2.28. The minimum Gasteiger partial charge on any atom is -0.480 e. The molecule has 2 N–H and O–H groups in total. The van der Waals surface area contributed by atoms with Crippen LogP contribution in [0.2, 0.25) is 0 Å². The van der Waals surface area contributed by atoms with Gasteiger partial charge in [-0.15, -0.1) is 0 Å². The van der Waals surface area contributed by atoms with Crippen LogP contribution in [0, 0.1) is 0 Å². The zero-order valence-electron chi connectivity index (χ0n) is 22.9. The van der Waals surface area contributed by atoms with Crippen LogP contribution in [-0.4, -0.2) is 35.6 Å². The Morgan fingerprint density at radius 1 is 0.629 bits per heavy atom. The first-order valence-electron chi connectivity index (χ1n) is 14.7. The fraction of sp³-hybridized carbons (Fsp3) is 0.897. The highest BCUT2D eigenvalue weighted by molar-refractivity contribution is 5.80. The Morgan fingerprint density at radius 3 is 1.54 bits per heavy atom. The quantitative estimate of drug-likeness (QED) is 0.0942. The molecule has 0 aliphatic carbocycles. The van der Waals surface area contributed by atoms with Gasteiger partial charge in [0.05, 0.1) is 0 Å². The fourth-order valence-corrected chi connectivity index (χ4v) is 4.34. The van der Waals surface area contributed by atoms with Gasteiger partial charge >= 0.3 is 11.9 Å². The second kappa shape index (κ2) is 25.5. The Bertz CT molecular complexity index is 523. The molecule has 0 fully saturated rings. The van der Waals surface area contributed by atoms with Crippen molar-refractivity contribution in [2.24, 2.45) is 0 Å². The van der Waals surface area contributed by atoms with E-state index < -0.39 is 5.97 Å². The van der Waals surface area contributed by atoms with Crippen molar-refractivity contribution in [2.45, 2.75) is 161 Å².